The number of rotatable bonds is 3. The molecule has 30 heavy (non-hydrogen) atoms. The van der Waals surface area contributed by atoms with Crippen LogP contribution in [0, 0.1) is 5.41 Å². The fraction of sp³-hybridized carbons (Fsp3) is 0.647. The van der Waals surface area contributed by atoms with Crippen molar-refractivity contribution in [2.24, 2.45) is 16.3 Å². The Balaban J connectivity index is 1.78. The molecule has 1 spiro atoms. The summed E-state index contributed by atoms with van der Waals surface area (Å²) in [5.41, 5.74) is 15.8. The topological polar surface area (TPSA) is 138 Å². The summed E-state index contributed by atoms with van der Waals surface area (Å²) >= 11 is 0. The van der Waals surface area contributed by atoms with E-state index in [0.29, 0.717) is 18.8 Å². The molecule has 168 valence electrons. The predicted octanol–water partition coefficient (Wildman–Crippen LogP) is 0.566. The fourth-order valence-electron chi connectivity index (χ4n) is 5.05. The van der Waals surface area contributed by atoms with Gasteiger partial charge in [-0.15, -0.1) is 0 Å². The molecule has 1 aromatic carbocycles. The molecule has 1 aromatic rings. The summed E-state index contributed by atoms with van der Waals surface area (Å²) in [5.74, 6) is 0. The third kappa shape index (κ3) is 3.79. The van der Waals surface area contributed by atoms with E-state index in [0.717, 1.165) is 38.2 Å². The third-order valence-electron chi connectivity index (χ3n) is 6.62. The van der Waals surface area contributed by atoms with Crippen LogP contribution in [0.2, 0.25) is 0 Å². The number of nitrogens with two attached hydrogens (primary N) is 2. The molecule has 2 saturated heterocycles. The number of halogens is 3. The molecule has 1 saturated carbocycles. The zero-order valence-corrected chi connectivity index (χ0v) is 17.0. The first-order chi connectivity index (χ1) is 14.0. The third-order valence-corrected chi connectivity index (χ3v) is 7.63. The van der Waals surface area contributed by atoms with Gasteiger partial charge in [0.25, 0.3) is 0 Å². The summed E-state index contributed by atoms with van der Waals surface area (Å²) in [4.78, 5) is 0.989. The van der Waals surface area contributed by atoms with Crippen LogP contribution in [-0.2, 0) is 16.2 Å². The first kappa shape index (κ1) is 21.7. The highest BCUT2D eigenvalue weighted by molar-refractivity contribution is 7.89. The number of hydrogen-bond donors (Lipinski definition) is 6. The van der Waals surface area contributed by atoms with Gasteiger partial charge in [0.05, 0.1) is 5.56 Å². The van der Waals surface area contributed by atoms with Gasteiger partial charge in [0.2, 0.25) is 10.0 Å². The van der Waals surface area contributed by atoms with Crippen LogP contribution in [0.3, 0.4) is 0 Å². The van der Waals surface area contributed by atoms with Gasteiger partial charge in [-0.25, -0.2) is 24.4 Å². The van der Waals surface area contributed by atoms with E-state index in [2.05, 4.69) is 21.9 Å². The van der Waals surface area contributed by atoms with Gasteiger partial charge in [-0.2, -0.15) is 24.2 Å². The molecule has 2 heterocycles. The Kier molecular flexibility index (Phi) is 5.50. The van der Waals surface area contributed by atoms with Crippen LogP contribution < -0.4 is 37.7 Å². The van der Waals surface area contributed by atoms with Gasteiger partial charge in [-0.3, -0.25) is 0 Å². The van der Waals surface area contributed by atoms with E-state index >= 15 is 0 Å². The minimum atomic E-state index is -4.88. The molecule has 3 fully saturated rings. The van der Waals surface area contributed by atoms with Gasteiger partial charge < -0.3 is 10.6 Å². The second-order valence-electron chi connectivity index (χ2n) is 8.24. The summed E-state index contributed by atoms with van der Waals surface area (Å²) in [6.07, 6.45) is -1.10. The monoisotopic (exact) mass is 449 g/mol. The first-order valence-corrected chi connectivity index (χ1v) is 11.4. The molecule has 2 aliphatic heterocycles. The molecule has 0 aromatic heterocycles. The summed E-state index contributed by atoms with van der Waals surface area (Å²) in [7, 11) is -4.68. The Morgan fingerprint density at radius 3 is 2.23 bits per heavy atom. The lowest BCUT2D eigenvalue weighted by atomic mass is 9.74. The molecule has 0 radical (unpaired) electrons. The van der Waals surface area contributed by atoms with Crippen LogP contribution in [-0.4, -0.2) is 27.5 Å². The largest absolute Gasteiger partial charge is 0.417 e. The van der Waals surface area contributed by atoms with Crippen molar-refractivity contribution in [3.63, 3.8) is 0 Å². The van der Waals surface area contributed by atoms with E-state index < -0.39 is 32.8 Å². The maximum Gasteiger partial charge on any atom is 0.417 e. The minimum Gasteiger partial charge on any atom is -0.371 e. The van der Waals surface area contributed by atoms with Gasteiger partial charge in [0.15, 0.2) is 0 Å². The lowest BCUT2D eigenvalue weighted by Gasteiger charge is -2.44. The zero-order valence-electron chi connectivity index (χ0n) is 16.2. The number of nitrogens with one attached hydrogen (secondary N) is 4. The lowest BCUT2D eigenvalue weighted by molar-refractivity contribution is -0.140. The van der Waals surface area contributed by atoms with E-state index in [-0.39, 0.29) is 17.0 Å². The van der Waals surface area contributed by atoms with Gasteiger partial charge in [-0.05, 0) is 43.2 Å². The minimum absolute atomic E-state index is 0.0539. The maximum atomic E-state index is 13.6. The van der Waals surface area contributed by atoms with Crippen molar-refractivity contribution in [1.82, 2.24) is 21.9 Å². The Morgan fingerprint density at radius 2 is 1.73 bits per heavy atom. The average molecular weight is 450 g/mol. The summed E-state index contributed by atoms with van der Waals surface area (Å²) in [6, 6.07) is 2.24. The highest BCUT2D eigenvalue weighted by Crippen LogP contribution is 2.47. The second-order valence-corrected chi connectivity index (χ2v) is 9.74. The fourth-order valence-corrected chi connectivity index (χ4v) is 6.07. The van der Waals surface area contributed by atoms with Crippen LogP contribution >= 0.6 is 0 Å². The van der Waals surface area contributed by atoms with E-state index in [1.54, 1.807) is 0 Å². The number of benzene rings is 1. The number of piperidine rings is 1. The standard InChI is InChI=1S/C17H26F3N7O2S/c18-17(19,20)10-3-4-11(13(14(10)30(22,28)29)15-23-25-26-24-15)27-8-6-16(7-9-27)5-1-2-12(16)21/h3-4,12,15,23-26H,1-2,5-9,21H2,(H2,22,28,29). The molecule has 1 unspecified atom stereocenters. The zero-order chi connectivity index (χ0) is 21.7. The van der Waals surface area contributed by atoms with E-state index in [9.17, 15) is 21.6 Å². The number of sulfonamides is 1. The number of hydrazine groups is 3. The molecule has 8 N–H and O–H groups in total. The highest BCUT2D eigenvalue weighted by atomic mass is 32.2. The van der Waals surface area contributed by atoms with Crippen molar-refractivity contribution < 1.29 is 21.6 Å². The van der Waals surface area contributed by atoms with Crippen molar-refractivity contribution in [3.05, 3.63) is 23.3 Å². The number of hydrogen-bond acceptors (Lipinski definition) is 8. The Morgan fingerprint density at radius 1 is 1.10 bits per heavy atom. The molecule has 3 aliphatic rings. The maximum absolute atomic E-state index is 13.6. The van der Waals surface area contributed by atoms with E-state index in [1.165, 1.54) is 6.07 Å². The number of anilines is 1. The Bertz CT molecular complexity index is 911. The Labute approximate surface area is 172 Å². The highest BCUT2D eigenvalue weighted by Gasteiger charge is 2.45. The van der Waals surface area contributed by atoms with Crippen molar-refractivity contribution in [2.75, 3.05) is 18.0 Å². The van der Waals surface area contributed by atoms with Crippen molar-refractivity contribution in [1.29, 1.82) is 0 Å². The van der Waals surface area contributed by atoms with Crippen molar-refractivity contribution >= 4 is 15.7 Å². The number of alkyl halides is 3. The first-order valence-electron chi connectivity index (χ1n) is 9.81. The predicted molar refractivity (Wildman–Crippen MR) is 104 cm³/mol. The number of primary sulfonamides is 1. The molecule has 1 atom stereocenters. The van der Waals surface area contributed by atoms with Gasteiger partial charge >= 0.3 is 6.18 Å². The molecule has 0 bridgehead atoms. The van der Waals surface area contributed by atoms with E-state index in [1.807, 2.05) is 4.90 Å². The molecule has 4 rings (SSSR count). The summed E-state index contributed by atoms with van der Waals surface area (Å²) in [6.45, 7) is 1.15. The van der Waals surface area contributed by atoms with Gasteiger partial charge in [0, 0.05) is 30.4 Å². The lowest BCUT2D eigenvalue weighted by Crippen LogP contribution is -2.47. The van der Waals surface area contributed by atoms with Gasteiger partial charge in [-0.1, -0.05) is 6.42 Å². The van der Waals surface area contributed by atoms with Crippen molar-refractivity contribution in [3.8, 4) is 0 Å². The number of nitrogens with zero attached hydrogens (tertiary/aromatic N) is 1. The average Bonchev–Trinajstić information content (AvgIpc) is 3.31. The van der Waals surface area contributed by atoms with Crippen LogP contribution in [0.1, 0.15) is 49.4 Å². The molecule has 13 heteroatoms. The van der Waals surface area contributed by atoms with Crippen molar-refractivity contribution in [2.45, 2.75) is 55.4 Å². The molecule has 9 nitrogen and oxygen atoms in total. The molecule has 1 aliphatic carbocycles. The quantitative estimate of drug-likeness (QED) is 0.394. The molecule has 0 amide bonds. The van der Waals surface area contributed by atoms with Crippen LogP contribution in [0.5, 0.6) is 0 Å². The summed E-state index contributed by atoms with van der Waals surface area (Å²) in [5, 5.41) is 5.27. The Hall–Kier alpha value is -1.48. The van der Waals surface area contributed by atoms with Crippen LogP contribution in [0.25, 0.3) is 0 Å². The normalized spacial score (nSPS) is 25.4. The molecular weight excluding hydrogens is 423 g/mol. The smallest absolute Gasteiger partial charge is 0.371 e. The van der Waals surface area contributed by atoms with E-state index in [4.69, 9.17) is 10.9 Å². The SMILES string of the molecule is NC1CCCC12CCN(c1ccc(C(F)(F)F)c(S(N)(=O)=O)c1C1NNNN1)CC2. The van der Waals surface area contributed by atoms with Crippen LogP contribution in [0.15, 0.2) is 17.0 Å². The van der Waals surface area contributed by atoms with Crippen LogP contribution in [0.4, 0.5) is 18.9 Å². The molecular formula is C17H26F3N7O2S. The van der Waals surface area contributed by atoms with Gasteiger partial charge in [0.1, 0.15) is 11.1 Å². The second kappa shape index (κ2) is 7.58. The summed E-state index contributed by atoms with van der Waals surface area (Å²) < 4.78 is 65.5.